The van der Waals surface area contributed by atoms with Crippen LogP contribution in [0.3, 0.4) is 0 Å². The molecule has 0 fully saturated rings. The molecule has 0 aliphatic heterocycles. The summed E-state index contributed by atoms with van der Waals surface area (Å²) in [7, 11) is 0. The van der Waals surface area contributed by atoms with Crippen LogP contribution >= 0.6 is 0 Å². The molecule has 2 heteroatoms. The summed E-state index contributed by atoms with van der Waals surface area (Å²) in [6, 6.07) is 87.8. The van der Waals surface area contributed by atoms with Crippen molar-refractivity contribution in [3.05, 3.63) is 322 Å². The monoisotopic (exact) mass is 1040 g/mol. The second-order valence-corrected chi connectivity index (χ2v) is 24.1. The second kappa shape index (κ2) is 19.0. The fourth-order valence-electron chi connectivity index (χ4n) is 14.6. The van der Waals surface area contributed by atoms with Crippen molar-refractivity contribution in [2.24, 2.45) is 5.92 Å². The van der Waals surface area contributed by atoms with E-state index in [2.05, 4.69) is 311 Å². The average molecular weight is 1040 g/mol. The van der Waals surface area contributed by atoms with Crippen molar-refractivity contribution in [2.45, 2.75) is 63.2 Å². The third-order valence-corrected chi connectivity index (χ3v) is 18.7. The maximum absolute atomic E-state index is 2.57. The van der Waals surface area contributed by atoms with Gasteiger partial charge in [-0.05, 0) is 193 Å². The van der Waals surface area contributed by atoms with E-state index in [1.54, 1.807) is 0 Å². The topological polar surface area (TPSA) is 6.48 Å². The molecular formula is C79H64N2. The Hall–Kier alpha value is -9.24. The lowest BCUT2D eigenvalue weighted by Gasteiger charge is -2.28. The van der Waals surface area contributed by atoms with E-state index >= 15 is 0 Å². The number of fused-ring (bicyclic) bond motifs is 12. The molecule has 0 bridgehead atoms. The third kappa shape index (κ3) is 8.06. The summed E-state index contributed by atoms with van der Waals surface area (Å²) < 4.78 is 0. The Morgan fingerprint density at radius 1 is 0.358 bits per heavy atom. The van der Waals surface area contributed by atoms with Crippen molar-refractivity contribution in [3.63, 3.8) is 0 Å². The van der Waals surface area contributed by atoms with E-state index < -0.39 is 0 Å². The largest absolute Gasteiger partial charge is 0.310 e. The smallest absolute Gasteiger partial charge is 0.0465 e. The molecule has 1 atom stereocenters. The quantitative estimate of drug-likeness (QED) is 0.126. The van der Waals surface area contributed by atoms with Gasteiger partial charge in [0.1, 0.15) is 0 Å². The van der Waals surface area contributed by atoms with E-state index in [-0.39, 0.29) is 16.2 Å². The molecule has 1 spiro atoms. The highest BCUT2D eigenvalue weighted by molar-refractivity contribution is 5.93. The van der Waals surface area contributed by atoms with Crippen LogP contribution in [0.2, 0.25) is 0 Å². The standard InChI is InChI=1S/C79H64N2/c1-77(2)71-45-53(33-39-65(71)67-43-37-63(49-73(67)77)80(59-21-9-5-10-22-59)60-23-11-6-12-24-60)29-31-55-35-41-69-70-42-36-56(48-76(70)79(75(69)47-55)51-57-19-17-18-20-58(57)52-79)32-30-54-34-40-66-68-44-38-64(50-74(68)78(3,4)72(66)46-54)81(61-25-13-7-14-26-61)62-27-15-8-16-28-62/h5-33,35-50,54H,34,51-52H2,1-4H3/b31-29+,32-30+. The number of rotatable bonds is 10. The number of benzene rings is 10. The molecule has 15 rings (SSSR count). The molecule has 10 aromatic carbocycles. The zero-order chi connectivity index (χ0) is 54.5. The van der Waals surface area contributed by atoms with Gasteiger partial charge in [0.15, 0.2) is 0 Å². The number of hydrogen-bond donors (Lipinski definition) is 0. The summed E-state index contributed by atoms with van der Waals surface area (Å²) in [6.45, 7) is 9.60. The van der Waals surface area contributed by atoms with Crippen LogP contribution in [0.1, 0.15) is 95.3 Å². The number of allylic oxidation sites excluding steroid dienone is 5. The summed E-state index contributed by atoms with van der Waals surface area (Å²) in [4.78, 5) is 4.75. The molecule has 0 aromatic heterocycles. The van der Waals surface area contributed by atoms with Gasteiger partial charge in [-0.2, -0.15) is 0 Å². The van der Waals surface area contributed by atoms with Crippen LogP contribution in [-0.2, 0) is 29.1 Å². The average Bonchev–Trinajstić information content (AvgIpc) is 2.54. The number of hydrogen-bond acceptors (Lipinski definition) is 2. The zero-order valence-corrected chi connectivity index (χ0v) is 46.6. The van der Waals surface area contributed by atoms with E-state index in [0.29, 0.717) is 5.92 Å². The lowest BCUT2D eigenvalue weighted by Crippen LogP contribution is -2.26. The van der Waals surface area contributed by atoms with Crippen molar-refractivity contribution in [1.29, 1.82) is 0 Å². The third-order valence-electron chi connectivity index (χ3n) is 18.7. The first-order valence-corrected chi connectivity index (χ1v) is 29.0. The molecule has 0 N–H and O–H groups in total. The maximum Gasteiger partial charge on any atom is 0.0465 e. The van der Waals surface area contributed by atoms with Gasteiger partial charge < -0.3 is 9.80 Å². The summed E-state index contributed by atoms with van der Waals surface area (Å²) in [5, 5.41) is 0. The zero-order valence-electron chi connectivity index (χ0n) is 46.6. The predicted molar refractivity (Wildman–Crippen MR) is 341 cm³/mol. The normalized spacial score (nSPS) is 17.0. The van der Waals surface area contributed by atoms with Crippen LogP contribution in [0.4, 0.5) is 34.1 Å². The molecule has 0 radical (unpaired) electrons. The summed E-state index contributed by atoms with van der Waals surface area (Å²) in [5.74, 6) is 0.308. The van der Waals surface area contributed by atoms with Gasteiger partial charge in [0.2, 0.25) is 0 Å². The van der Waals surface area contributed by atoms with Gasteiger partial charge in [0.25, 0.3) is 0 Å². The Labute approximate surface area is 478 Å². The van der Waals surface area contributed by atoms with E-state index in [4.69, 9.17) is 0 Å². The summed E-state index contributed by atoms with van der Waals surface area (Å²) >= 11 is 0. The van der Waals surface area contributed by atoms with Gasteiger partial charge in [-0.3, -0.25) is 0 Å². The van der Waals surface area contributed by atoms with Crippen molar-refractivity contribution in [1.82, 2.24) is 0 Å². The molecule has 2 nitrogen and oxygen atoms in total. The Bertz CT molecular complexity index is 4150. The first kappa shape index (κ1) is 48.9. The van der Waals surface area contributed by atoms with Crippen LogP contribution in [0, 0.1) is 5.92 Å². The molecule has 10 aromatic rings. The van der Waals surface area contributed by atoms with Gasteiger partial charge in [0.05, 0.1) is 0 Å². The van der Waals surface area contributed by atoms with Gasteiger partial charge >= 0.3 is 0 Å². The SMILES string of the molecule is CC1(C)C2=CC(/C=C/c3ccc4c(c3)C3(Cc5ccccc5C3)c3cc(/C=C/c5ccc6c(c5)C(C)(C)c5cc(N(c7ccccc7)c7ccccc7)ccc5-6)ccc3-4)CC=C2c2ccc(N(c3ccccc3)c3ccccc3)cc21. The Morgan fingerprint density at radius 3 is 1.22 bits per heavy atom. The number of para-hydroxylation sites is 4. The molecule has 0 saturated carbocycles. The molecule has 1 unspecified atom stereocenters. The highest BCUT2D eigenvalue weighted by Gasteiger charge is 2.47. The molecule has 5 aliphatic carbocycles. The first-order valence-electron chi connectivity index (χ1n) is 29.0. The molecule has 5 aliphatic rings. The van der Waals surface area contributed by atoms with Gasteiger partial charge in [-0.1, -0.05) is 228 Å². The van der Waals surface area contributed by atoms with E-state index in [1.165, 1.54) is 106 Å². The lowest BCUT2D eigenvalue weighted by molar-refractivity contribution is 0.563. The summed E-state index contributed by atoms with van der Waals surface area (Å²) in [5.41, 5.74) is 29.8. The van der Waals surface area contributed by atoms with Crippen molar-refractivity contribution < 1.29 is 0 Å². The minimum absolute atomic E-state index is 0.125. The lowest BCUT2D eigenvalue weighted by atomic mass is 9.75. The highest BCUT2D eigenvalue weighted by Crippen LogP contribution is 2.57. The Kier molecular flexibility index (Phi) is 11.4. The van der Waals surface area contributed by atoms with E-state index in [0.717, 1.165) is 42.0 Å². The van der Waals surface area contributed by atoms with Crippen molar-refractivity contribution in [2.75, 3.05) is 9.80 Å². The van der Waals surface area contributed by atoms with Crippen LogP contribution in [0.25, 0.3) is 46.1 Å². The minimum Gasteiger partial charge on any atom is -0.310 e. The molecule has 0 saturated heterocycles. The molecule has 0 heterocycles. The molecule has 81 heavy (non-hydrogen) atoms. The van der Waals surface area contributed by atoms with Gasteiger partial charge in [-0.25, -0.2) is 0 Å². The first-order chi connectivity index (χ1) is 39.6. The van der Waals surface area contributed by atoms with Crippen LogP contribution in [0.15, 0.2) is 260 Å². The van der Waals surface area contributed by atoms with Crippen LogP contribution in [0.5, 0.6) is 0 Å². The number of nitrogens with zero attached hydrogens (tertiary/aromatic N) is 2. The van der Waals surface area contributed by atoms with Crippen molar-refractivity contribution in [3.8, 4) is 22.3 Å². The predicted octanol–water partition coefficient (Wildman–Crippen LogP) is 20.5. The molecule has 390 valence electrons. The van der Waals surface area contributed by atoms with Crippen LogP contribution in [-0.4, -0.2) is 0 Å². The Balaban J connectivity index is 0.705. The minimum atomic E-state index is -0.172. The molecular weight excluding hydrogens is 977 g/mol. The van der Waals surface area contributed by atoms with E-state index in [9.17, 15) is 0 Å². The van der Waals surface area contributed by atoms with Gasteiger partial charge in [0, 0.05) is 50.4 Å². The maximum atomic E-state index is 2.57. The highest BCUT2D eigenvalue weighted by atomic mass is 15.1. The van der Waals surface area contributed by atoms with Crippen LogP contribution < -0.4 is 9.80 Å². The van der Waals surface area contributed by atoms with Crippen molar-refractivity contribution >= 4 is 57.9 Å². The molecule has 0 amide bonds. The second-order valence-electron chi connectivity index (χ2n) is 24.1. The fraction of sp³-hybridized carbons (Fsp3) is 0.139. The summed E-state index contributed by atoms with van der Waals surface area (Å²) in [6.07, 6.45) is 17.6. The number of anilines is 6. The fourth-order valence-corrected chi connectivity index (χ4v) is 14.6. The Morgan fingerprint density at radius 2 is 0.741 bits per heavy atom. The van der Waals surface area contributed by atoms with Gasteiger partial charge in [-0.15, -0.1) is 0 Å². The van der Waals surface area contributed by atoms with E-state index in [1.807, 2.05) is 0 Å².